The van der Waals surface area contributed by atoms with Gasteiger partial charge in [-0.2, -0.15) is 10.1 Å². The molecule has 2 fully saturated rings. The van der Waals surface area contributed by atoms with Crippen LogP contribution in [-0.4, -0.2) is 50.8 Å². The molecule has 2 aromatic heterocycles. The number of fused-ring (bicyclic) bond motifs is 2. The predicted octanol–water partition coefficient (Wildman–Crippen LogP) is 4.46. The van der Waals surface area contributed by atoms with E-state index in [1.165, 1.54) is 4.68 Å². The van der Waals surface area contributed by atoms with E-state index in [4.69, 9.17) is 27.9 Å². The van der Waals surface area contributed by atoms with Crippen molar-refractivity contribution in [3.8, 4) is 11.8 Å². The van der Waals surface area contributed by atoms with Crippen molar-refractivity contribution in [3.05, 3.63) is 46.7 Å². The first-order valence-electron chi connectivity index (χ1n) is 10.5. The largest absolute Gasteiger partial charge is 0.424 e. The van der Waals surface area contributed by atoms with Crippen molar-refractivity contribution in [3.63, 3.8) is 0 Å². The fraction of sp³-hybridized carbons (Fsp3) is 0.429. The molecular formula is C21H22Cl2FN7O. The lowest BCUT2D eigenvalue weighted by Crippen LogP contribution is -2.48. The van der Waals surface area contributed by atoms with Gasteiger partial charge >= 0.3 is 6.01 Å². The first kappa shape index (κ1) is 21.2. The van der Waals surface area contributed by atoms with Gasteiger partial charge in [0.15, 0.2) is 5.15 Å². The molecule has 0 amide bonds. The summed E-state index contributed by atoms with van der Waals surface area (Å²) < 4.78 is 20.4. The minimum absolute atomic E-state index is 0.0612. The van der Waals surface area contributed by atoms with E-state index in [1.807, 2.05) is 6.07 Å². The smallest absolute Gasteiger partial charge is 0.322 e. The van der Waals surface area contributed by atoms with Crippen molar-refractivity contribution in [1.29, 1.82) is 0 Å². The van der Waals surface area contributed by atoms with Gasteiger partial charge in [-0.15, -0.1) is 10.2 Å². The third-order valence-corrected chi connectivity index (χ3v) is 6.46. The zero-order chi connectivity index (χ0) is 22.1. The van der Waals surface area contributed by atoms with Gasteiger partial charge in [-0.05, 0) is 42.9 Å². The molecule has 5 rings (SSSR count). The van der Waals surface area contributed by atoms with E-state index in [0.29, 0.717) is 33.7 Å². The van der Waals surface area contributed by atoms with Crippen LogP contribution in [0.5, 0.6) is 11.8 Å². The van der Waals surface area contributed by atoms with Crippen molar-refractivity contribution >= 4 is 34.8 Å². The molecule has 1 aliphatic heterocycles. The Morgan fingerprint density at radius 1 is 1.16 bits per heavy atom. The van der Waals surface area contributed by atoms with Crippen LogP contribution in [0.3, 0.4) is 0 Å². The number of alkyl halides is 1. The maximum atomic E-state index is 13.1. The number of piperidine rings is 1. The Kier molecular flexibility index (Phi) is 6.01. The molecule has 2 unspecified atom stereocenters. The second-order valence-electron chi connectivity index (χ2n) is 8.10. The van der Waals surface area contributed by atoms with E-state index < -0.39 is 6.67 Å². The molecule has 2 atom stereocenters. The maximum Gasteiger partial charge on any atom is 0.322 e. The zero-order valence-electron chi connectivity index (χ0n) is 17.2. The van der Waals surface area contributed by atoms with Crippen LogP contribution in [0, 0.1) is 11.8 Å². The Morgan fingerprint density at radius 2 is 1.97 bits per heavy atom. The van der Waals surface area contributed by atoms with Crippen molar-refractivity contribution in [2.24, 2.45) is 11.8 Å². The van der Waals surface area contributed by atoms with E-state index in [1.54, 1.807) is 30.5 Å². The monoisotopic (exact) mass is 477 g/mol. The molecule has 3 heterocycles. The maximum absolute atomic E-state index is 13.1. The summed E-state index contributed by atoms with van der Waals surface area (Å²) >= 11 is 12.1. The minimum atomic E-state index is -0.569. The average Bonchev–Trinajstić information content (AvgIpc) is 3.23. The van der Waals surface area contributed by atoms with Crippen LogP contribution in [0.1, 0.15) is 12.8 Å². The van der Waals surface area contributed by atoms with E-state index in [9.17, 15) is 4.39 Å². The van der Waals surface area contributed by atoms with Crippen molar-refractivity contribution < 1.29 is 9.13 Å². The molecule has 1 aromatic carbocycles. The Bertz CT molecular complexity index is 1080. The van der Waals surface area contributed by atoms with Gasteiger partial charge in [-0.1, -0.05) is 29.3 Å². The molecule has 3 aromatic rings. The molecule has 1 aliphatic carbocycles. The van der Waals surface area contributed by atoms with Gasteiger partial charge in [0.2, 0.25) is 5.95 Å². The first-order valence-corrected chi connectivity index (χ1v) is 11.3. The minimum Gasteiger partial charge on any atom is -0.424 e. The molecule has 0 radical (unpaired) electrons. The fourth-order valence-electron chi connectivity index (χ4n) is 4.65. The molecule has 2 bridgehead atoms. The molecule has 1 saturated carbocycles. The van der Waals surface area contributed by atoms with Crippen molar-refractivity contribution in [2.75, 3.05) is 30.0 Å². The van der Waals surface area contributed by atoms with Gasteiger partial charge < -0.3 is 15.0 Å². The number of halogens is 3. The lowest BCUT2D eigenvalue weighted by molar-refractivity contribution is 0.363. The Hall–Kier alpha value is -2.65. The number of hydrogen-bond donors (Lipinski definition) is 1. The normalized spacial score (nSPS) is 22.2. The van der Waals surface area contributed by atoms with Crippen LogP contribution in [0.2, 0.25) is 10.2 Å². The molecule has 168 valence electrons. The van der Waals surface area contributed by atoms with Crippen molar-refractivity contribution in [2.45, 2.75) is 25.4 Å². The second-order valence-corrected chi connectivity index (χ2v) is 8.92. The van der Waals surface area contributed by atoms with Gasteiger partial charge in [0.1, 0.15) is 12.4 Å². The number of hydrogen-bond acceptors (Lipinski definition) is 7. The summed E-state index contributed by atoms with van der Waals surface area (Å²) in [5, 5.41) is 16.7. The molecule has 1 N–H and O–H groups in total. The number of ether oxygens (including phenoxy) is 1. The number of nitrogens with one attached hydrogen (secondary N) is 1. The standard InChI is InChI=1S/C21H22Cl2FN7O/c22-15-2-1-3-17(8-15)32-21-27-20(29-31(21)7-6-24)26-19-13-4-5-14(19)12-30(11-13)16-9-18(23)28-25-10-16/h1-3,8-10,13-14,19H,4-7,11-12H2,(H,26,29). The summed E-state index contributed by atoms with van der Waals surface area (Å²) in [4.78, 5) is 6.80. The van der Waals surface area contributed by atoms with Crippen LogP contribution in [0.4, 0.5) is 16.0 Å². The van der Waals surface area contributed by atoms with Crippen LogP contribution in [0.15, 0.2) is 36.5 Å². The SMILES string of the molecule is FCCn1nc(NC2C3CCC2CN(c2cnnc(Cl)c2)C3)nc1Oc1cccc(Cl)c1. The molecule has 8 nitrogen and oxygen atoms in total. The highest BCUT2D eigenvalue weighted by atomic mass is 35.5. The number of aromatic nitrogens is 5. The van der Waals surface area contributed by atoms with Gasteiger partial charge in [0.05, 0.1) is 18.4 Å². The summed E-state index contributed by atoms with van der Waals surface area (Å²) in [6.07, 6.45) is 3.98. The highest BCUT2D eigenvalue weighted by molar-refractivity contribution is 6.30. The predicted molar refractivity (Wildman–Crippen MR) is 120 cm³/mol. The van der Waals surface area contributed by atoms with E-state index in [0.717, 1.165) is 31.6 Å². The summed E-state index contributed by atoms with van der Waals surface area (Å²) in [5.41, 5.74) is 0.989. The lowest BCUT2D eigenvalue weighted by Gasteiger charge is -2.39. The van der Waals surface area contributed by atoms with Crippen molar-refractivity contribution in [1.82, 2.24) is 25.0 Å². The molecular weight excluding hydrogens is 456 g/mol. The molecule has 2 aliphatic rings. The molecule has 0 spiro atoms. The van der Waals surface area contributed by atoms with Gasteiger partial charge in [-0.3, -0.25) is 0 Å². The molecule has 32 heavy (non-hydrogen) atoms. The van der Waals surface area contributed by atoms with Crippen LogP contribution in [-0.2, 0) is 6.54 Å². The number of anilines is 2. The first-order chi connectivity index (χ1) is 15.6. The number of benzene rings is 1. The third-order valence-electron chi connectivity index (χ3n) is 6.04. The lowest BCUT2D eigenvalue weighted by atomic mass is 9.92. The second kappa shape index (κ2) is 9.07. The Labute approximate surface area is 194 Å². The quantitative estimate of drug-likeness (QED) is 0.537. The highest BCUT2D eigenvalue weighted by Gasteiger charge is 2.42. The van der Waals surface area contributed by atoms with Gasteiger partial charge in [-0.25, -0.2) is 9.07 Å². The average molecular weight is 478 g/mol. The van der Waals surface area contributed by atoms with Crippen LogP contribution in [0.25, 0.3) is 0 Å². The number of rotatable bonds is 7. The zero-order valence-corrected chi connectivity index (χ0v) is 18.7. The summed E-state index contributed by atoms with van der Waals surface area (Å²) in [6.45, 7) is 1.26. The third kappa shape index (κ3) is 4.45. The summed E-state index contributed by atoms with van der Waals surface area (Å²) in [6, 6.07) is 9.30. The van der Waals surface area contributed by atoms with Crippen LogP contribution >= 0.6 is 23.2 Å². The van der Waals surface area contributed by atoms with E-state index in [2.05, 4.69) is 30.5 Å². The van der Waals surface area contributed by atoms with E-state index in [-0.39, 0.29) is 18.6 Å². The van der Waals surface area contributed by atoms with Crippen LogP contribution < -0.4 is 15.0 Å². The Morgan fingerprint density at radius 3 is 2.69 bits per heavy atom. The highest BCUT2D eigenvalue weighted by Crippen LogP contribution is 2.40. The Balaban J connectivity index is 1.31. The molecule has 11 heteroatoms. The fourth-order valence-corrected chi connectivity index (χ4v) is 4.98. The number of aryl methyl sites for hydroxylation is 1. The topological polar surface area (TPSA) is 81.0 Å². The van der Waals surface area contributed by atoms with Gasteiger partial charge in [0.25, 0.3) is 0 Å². The number of nitrogens with zero attached hydrogens (tertiary/aromatic N) is 6. The summed E-state index contributed by atoms with van der Waals surface area (Å²) in [7, 11) is 0. The molecule has 1 saturated heterocycles. The summed E-state index contributed by atoms with van der Waals surface area (Å²) in [5.74, 6) is 1.81. The van der Waals surface area contributed by atoms with E-state index >= 15 is 0 Å². The van der Waals surface area contributed by atoms with Gasteiger partial charge in [0, 0.05) is 30.2 Å².